The van der Waals surface area contributed by atoms with Crippen LogP contribution in [0.1, 0.15) is 33.7 Å². The fourth-order valence-electron chi connectivity index (χ4n) is 1.32. The molecule has 0 unspecified atom stereocenters. The summed E-state index contributed by atoms with van der Waals surface area (Å²) in [5.74, 6) is -1.77. The summed E-state index contributed by atoms with van der Waals surface area (Å²) >= 11 is 0. The molecule has 0 saturated heterocycles. The quantitative estimate of drug-likeness (QED) is 0.825. The predicted octanol–water partition coefficient (Wildman–Crippen LogP) is 2.19. The maximum absolute atomic E-state index is 12.5. The van der Waals surface area contributed by atoms with E-state index in [1.165, 1.54) is 0 Å². The van der Waals surface area contributed by atoms with Gasteiger partial charge in [0.15, 0.2) is 0 Å². The monoisotopic (exact) mass is 270 g/mol. The molecule has 3 N–H and O–H groups in total. The number of carboxylic acids is 1. The number of halogens is 5. The minimum absolute atomic E-state index is 0.191. The molecule has 1 heterocycles. The van der Waals surface area contributed by atoms with Crippen molar-refractivity contribution in [2.75, 3.05) is 0 Å². The van der Waals surface area contributed by atoms with Crippen LogP contribution in [0.3, 0.4) is 0 Å². The van der Waals surface area contributed by atoms with Gasteiger partial charge in [0.2, 0.25) is 0 Å². The Kier molecular flexibility index (Phi) is 3.85. The van der Waals surface area contributed by atoms with Gasteiger partial charge in [-0.2, -0.15) is 13.2 Å². The summed E-state index contributed by atoms with van der Waals surface area (Å²) in [6.45, 7) is -0.646. The molecule has 0 atom stereocenters. The third kappa shape index (κ3) is 2.73. The van der Waals surface area contributed by atoms with Crippen molar-refractivity contribution in [3.8, 4) is 0 Å². The van der Waals surface area contributed by atoms with Gasteiger partial charge in [0, 0.05) is 12.1 Å². The van der Waals surface area contributed by atoms with E-state index in [1.54, 1.807) is 0 Å². The molecule has 0 aliphatic carbocycles. The molecular formula is C9H7F5N2O2. The van der Waals surface area contributed by atoms with Crippen molar-refractivity contribution < 1.29 is 31.9 Å². The maximum Gasteiger partial charge on any atom is 0.433 e. The van der Waals surface area contributed by atoms with E-state index in [2.05, 4.69) is 4.98 Å². The highest BCUT2D eigenvalue weighted by Gasteiger charge is 2.36. The Bertz CT molecular complexity index is 473. The Morgan fingerprint density at radius 2 is 2.00 bits per heavy atom. The van der Waals surface area contributed by atoms with Crippen LogP contribution in [0.15, 0.2) is 6.07 Å². The molecule has 1 aromatic heterocycles. The number of hydrogen-bond donors (Lipinski definition) is 2. The molecule has 0 aliphatic rings. The molecular weight excluding hydrogens is 263 g/mol. The second-order valence-corrected chi connectivity index (χ2v) is 3.23. The number of alkyl halides is 5. The molecule has 0 amide bonds. The Hall–Kier alpha value is -1.77. The van der Waals surface area contributed by atoms with E-state index in [0.717, 1.165) is 0 Å². The Labute approximate surface area is 97.2 Å². The van der Waals surface area contributed by atoms with E-state index < -0.39 is 47.6 Å². The number of carbonyl (C=O) groups is 1. The van der Waals surface area contributed by atoms with Gasteiger partial charge in [-0.3, -0.25) is 0 Å². The molecule has 1 rings (SSSR count). The molecule has 0 spiro atoms. The fourth-order valence-corrected chi connectivity index (χ4v) is 1.32. The van der Waals surface area contributed by atoms with Crippen LogP contribution in [0.2, 0.25) is 0 Å². The zero-order valence-electron chi connectivity index (χ0n) is 8.63. The predicted molar refractivity (Wildman–Crippen MR) is 49.0 cm³/mol. The van der Waals surface area contributed by atoms with Crippen molar-refractivity contribution in [3.05, 3.63) is 28.6 Å². The van der Waals surface area contributed by atoms with Crippen molar-refractivity contribution in [3.63, 3.8) is 0 Å². The first-order valence-electron chi connectivity index (χ1n) is 4.51. The number of carboxylic acid groups (broad SMARTS) is 1. The smallest absolute Gasteiger partial charge is 0.433 e. The van der Waals surface area contributed by atoms with Crippen LogP contribution in [-0.2, 0) is 12.7 Å². The van der Waals surface area contributed by atoms with E-state index in [9.17, 15) is 26.7 Å². The average molecular weight is 270 g/mol. The number of hydrogen-bond acceptors (Lipinski definition) is 3. The lowest BCUT2D eigenvalue weighted by Crippen LogP contribution is -2.18. The number of aromatic nitrogens is 1. The summed E-state index contributed by atoms with van der Waals surface area (Å²) in [4.78, 5) is 13.5. The SMILES string of the molecule is NCc1c(C(=O)O)cc(C(F)(F)F)nc1C(F)F. The van der Waals surface area contributed by atoms with Gasteiger partial charge in [-0.05, 0) is 6.07 Å². The third-order valence-electron chi connectivity index (χ3n) is 2.09. The van der Waals surface area contributed by atoms with Crippen LogP contribution >= 0.6 is 0 Å². The Balaban J connectivity index is 3.59. The zero-order chi connectivity index (χ0) is 14.1. The molecule has 100 valence electrons. The molecule has 0 aliphatic heterocycles. The average Bonchev–Trinajstić information content (AvgIpc) is 2.25. The Morgan fingerprint density at radius 3 is 2.33 bits per heavy atom. The number of rotatable bonds is 3. The van der Waals surface area contributed by atoms with Crippen LogP contribution in [0, 0.1) is 0 Å². The summed E-state index contributed by atoms with van der Waals surface area (Å²) in [6.07, 6.45) is -8.36. The molecule has 9 heteroatoms. The van der Waals surface area contributed by atoms with Crippen LogP contribution in [0.25, 0.3) is 0 Å². The second kappa shape index (κ2) is 4.84. The number of nitrogens with two attached hydrogens (primary N) is 1. The lowest BCUT2D eigenvalue weighted by Gasteiger charge is -2.13. The summed E-state index contributed by atoms with van der Waals surface area (Å²) in [7, 11) is 0. The summed E-state index contributed by atoms with van der Waals surface area (Å²) < 4.78 is 62.2. The molecule has 18 heavy (non-hydrogen) atoms. The van der Waals surface area contributed by atoms with Gasteiger partial charge in [0.1, 0.15) is 11.4 Å². The highest BCUT2D eigenvalue weighted by atomic mass is 19.4. The maximum atomic E-state index is 12.5. The molecule has 0 fully saturated rings. The zero-order valence-corrected chi connectivity index (χ0v) is 8.63. The van der Waals surface area contributed by atoms with Crippen molar-refractivity contribution in [2.45, 2.75) is 19.1 Å². The largest absolute Gasteiger partial charge is 0.478 e. The van der Waals surface area contributed by atoms with Crippen molar-refractivity contribution in [1.82, 2.24) is 4.98 Å². The van der Waals surface area contributed by atoms with Crippen LogP contribution < -0.4 is 5.73 Å². The van der Waals surface area contributed by atoms with E-state index >= 15 is 0 Å². The summed E-state index contributed by atoms with van der Waals surface area (Å²) in [5.41, 5.74) is 0.594. The highest BCUT2D eigenvalue weighted by molar-refractivity contribution is 5.89. The normalized spacial score (nSPS) is 11.9. The van der Waals surface area contributed by atoms with Gasteiger partial charge < -0.3 is 10.8 Å². The summed E-state index contributed by atoms with van der Waals surface area (Å²) in [5, 5.41) is 8.70. The minimum atomic E-state index is -5.01. The molecule has 4 nitrogen and oxygen atoms in total. The third-order valence-corrected chi connectivity index (χ3v) is 2.09. The second-order valence-electron chi connectivity index (χ2n) is 3.23. The lowest BCUT2D eigenvalue weighted by atomic mass is 10.0. The first-order chi connectivity index (χ1) is 8.18. The van der Waals surface area contributed by atoms with Gasteiger partial charge in [-0.15, -0.1) is 0 Å². The van der Waals surface area contributed by atoms with E-state index in [0.29, 0.717) is 0 Å². The standard InChI is InChI=1S/C9H7F5N2O2/c10-7(11)6-4(2-15)3(8(17)18)1-5(16-6)9(12,13)14/h1,7H,2,15H2,(H,17,18). The van der Waals surface area contributed by atoms with E-state index in [1.807, 2.05) is 0 Å². The topological polar surface area (TPSA) is 76.2 Å². The molecule has 0 radical (unpaired) electrons. The first-order valence-corrected chi connectivity index (χ1v) is 4.51. The van der Waals surface area contributed by atoms with Crippen LogP contribution in [0.4, 0.5) is 22.0 Å². The molecule has 0 aromatic carbocycles. The van der Waals surface area contributed by atoms with Gasteiger partial charge in [-0.25, -0.2) is 18.6 Å². The first kappa shape index (κ1) is 14.3. The van der Waals surface area contributed by atoms with E-state index in [-0.39, 0.29) is 6.07 Å². The highest BCUT2D eigenvalue weighted by Crippen LogP contribution is 2.32. The van der Waals surface area contributed by atoms with Gasteiger partial charge >= 0.3 is 12.1 Å². The molecule has 1 aromatic rings. The van der Waals surface area contributed by atoms with Crippen LogP contribution in [-0.4, -0.2) is 16.1 Å². The molecule has 0 saturated carbocycles. The number of aromatic carboxylic acids is 1. The van der Waals surface area contributed by atoms with Crippen LogP contribution in [0.5, 0.6) is 0 Å². The van der Waals surface area contributed by atoms with Crippen molar-refractivity contribution in [2.24, 2.45) is 5.73 Å². The van der Waals surface area contributed by atoms with Gasteiger partial charge in [0.05, 0.1) is 5.56 Å². The fraction of sp³-hybridized carbons (Fsp3) is 0.333. The van der Waals surface area contributed by atoms with E-state index in [4.69, 9.17) is 10.8 Å². The van der Waals surface area contributed by atoms with Crippen molar-refractivity contribution >= 4 is 5.97 Å². The van der Waals surface area contributed by atoms with Crippen molar-refractivity contribution in [1.29, 1.82) is 0 Å². The number of nitrogens with zero attached hydrogens (tertiary/aromatic N) is 1. The number of pyridine rings is 1. The van der Waals surface area contributed by atoms with Gasteiger partial charge in [0.25, 0.3) is 6.43 Å². The summed E-state index contributed by atoms with van der Waals surface area (Å²) in [6, 6.07) is 0.191. The lowest BCUT2D eigenvalue weighted by molar-refractivity contribution is -0.141. The van der Waals surface area contributed by atoms with Gasteiger partial charge in [-0.1, -0.05) is 0 Å². The Morgan fingerprint density at radius 1 is 1.44 bits per heavy atom. The molecule has 0 bridgehead atoms. The minimum Gasteiger partial charge on any atom is -0.478 e.